The van der Waals surface area contributed by atoms with E-state index in [1.165, 1.54) is 28.0 Å². The fourth-order valence-corrected chi connectivity index (χ4v) is 6.66. The van der Waals surface area contributed by atoms with Gasteiger partial charge in [0, 0.05) is 16.3 Å². The molecule has 0 spiro atoms. The van der Waals surface area contributed by atoms with Crippen molar-refractivity contribution in [3.8, 4) is 11.5 Å². The van der Waals surface area contributed by atoms with Gasteiger partial charge in [-0.2, -0.15) is 0 Å². The van der Waals surface area contributed by atoms with Crippen LogP contribution in [-0.2, 0) is 15.3 Å². The molecule has 1 atom stereocenters. The number of hydrogen-bond donors (Lipinski definition) is 1. The van der Waals surface area contributed by atoms with E-state index in [9.17, 15) is 14.7 Å². The Morgan fingerprint density at radius 1 is 0.889 bits per heavy atom. The first-order chi connectivity index (χ1) is 21.9. The molecule has 4 aromatic rings. The summed E-state index contributed by atoms with van der Waals surface area (Å²) in [5, 5.41) is 21.0. The van der Waals surface area contributed by atoms with Gasteiger partial charge < -0.3 is 14.6 Å². The molecule has 1 N–H and O–H groups in total. The molecule has 3 aromatic carbocycles. The Bertz CT molecular complexity index is 1640. The molecular formula is C34H34ClN3O5S2. The van der Waals surface area contributed by atoms with Crippen molar-refractivity contribution < 1.29 is 24.2 Å². The Hall–Kier alpha value is -3.86. The van der Waals surface area contributed by atoms with E-state index in [1.807, 2.05) is 24.3 Å². The Balaban J connectivity index is 1.47. The molecule has 0 radical (unpaired) electrons. The number of unbranched alkanes of at least 4 members (excludes halogenated alkanes) is 2. The van der Waals surface area contributed by atoms with Gasteiger partial charge in [-0.3, -0.25) is 14.5 Å². The van der Waals surface area contributed by atoms with Crippen molar-refractivity contribution in [3.05, 3.63) is 100 Å². The summed E-state index contributed by atoms with van der Waals surface area (Å²) in [5.41, 5.74) is 2.06. The second-order valence-corrected chi connectivity index (χ2v) is 13.0. The molecule has 0 unspecified atom stereocenters. The van der Waals surface area contributed by atoms with Gasteiger partial charge >= 0.3 is 5.91 Å². The largest absolute Gasteiger partial charge is 0.507 e. The van der Waals surface area contributed by atoms with Crippen molar-refractivity contribution in [1.29, 1.82) is 0 Å². The van der Waals surface area contributed by atoms with Crippen LogP contribution in [-0.4, -0.2) is 40.2 Å². The van der Waals surface area contributed by atoms with Crippen LogP contribution in [0.25, 0.3) is 5.76 Å². The maximum atomic E-state index is 13.6. The van der Waals surface area contributed by atoms with E-state index in [0.717, 1.165) is 31.2 Å². The van der Waals surface area contributed by atoms with Gasteiger partial charge in [-0.05, 0) is 72.5 Å². The first kappa shape index (κ1) is 32.5. The summed E-state index contributed by atoms with van der Waals surface area (Å²) in [4.78, 5) is 28.5. The number of thioether (sulfide) groups is 1. The molecule has 1 amide bonds. The van der Waals surface area contributed by atoms with Crippen LogP contribution < -0.4 is 14.4 Å². The zero-order valence-electron chi connectivity index (χ0n) is 25.1. The Labute approximate surface area is 276 Å². The van der Waals surface area contributed by atoms with Gasteiger partial charge in [0.25, 0.3) is 5.78 Å². The number of amides is 1. The Morgan fingerprint density at radius 3 is 2.09 bits per heavy atom. The van der Waals surface area contributed by atoms with Crippen molar-refractivity contribution in [1.82, 2.24) is 10.2 Å². The summed E-state index contributed by atoms with van der Waals surface area (Å²) in [5.74, 6) is 0.120. The number of carbonyl (C=O) groups excluding carboxylic acids is 2. The van der Waals surface area contributed by atoms with Crippen LogP contribution in [0.2, 0.25) is 5.02 Å². The third-order valence-electron chi connectivity index (χ3n) is 7.18. The fraction of sp³-hybridized carbons (Fsp3) is 0.294. The number of aliphatic hydroxyl groups is 1. The maximum absolute atomic E-state index is 13.6. The molecule has 1 saturated heterocycles. The molecule has 0 aliphatic carbocycles. The monoisotopic (exact) mass is 663 g/mol. The van der Waals surface area contributed by atoms with Gasteiger partial charge in [0.2, 0.25) is 5.13 Å². The minimum Gasteiger partial charge on any atom is -0.507 e. The van der Waals surface area contributed by atoms with E-state index >= 15 is 0 Å². The first-order valence-corrected chi connectivity index (χ1v) is 17.0. The number of ketones is 1. The lowest BCUT2D eigenvalue weighted by Crippen LogP contribution is -2.29. The molecule has 1 aliphatic rings. The molecule has 0 bridgehead atoms. The van der Waals surface area contributed by atoms with Crippen molar-refractivity contribution in [2.75, 3.05) is 18.1 Å². The summed E-state index contributed by atoms with van der Waals surface area (Å²) in [6.45, 7) is 5.37. The van der Waals surface area contributed by atoms with Gasteiger partial charge in [0.1, 0.15) is 17.3 Å². The molecule has 5 rings (SSSR count). The minimum atomic E-state index is -0.919. The summed E-state index contributed by atoms with van der Waals surface area (Å²) in [6.07, 6.45) is 3.89. The normalized spacial score (nSPS) is 15.9. The molecular weight excluding hydrogens is 630 g/mol. The molecule has 45 heavy (non-hydrogen) atoms. The molecule has 2 heterocycles. The van der Waals surface area contributed by atoms with Crippen molar-refractivity contribution in [2.45, 2.75) is 55.7 Å². The van der Waals surface area contributed by atoms with Gasteiger partial charge in [-0.1, -0.05) is 85.7 Å². The van der Waals surface area contributed by atoms with Crippen molar-refractivity contribution in [3.63, 3.8) is 0 Å². The number of halogens is 1. The lowest BCUT2D eigenvalue weighted by atomic mass is 9.95. The predicted octanol–water partition coefficient (Wildman–Crippen LogP) is 8.47. The number of nitrogens with zero attached hydrogens (tertiary/aromatic N) is 3. The van der Waals surface area contributed by atoms with Crippen molar-refractivity contribution in [2.24, 2.45) is 0 Å². The van der Waals surface area contributed by atoms with E-state index in [4.69, 9.17) is 21.1 Å². The highest BCUT2D eigenvalue weighted by Gasteiger charge is 2.48. The van der Waals surface area contributed by atoms with E-state index in [2.05, 4.69) is 24.0 Å². The van der Waals surface area contributed by atoms with E-state index in [1.54, 1.807) is 48.5 Å². The van der Waals surface area contributed by atoms with Gasteiger partial charge in [0.15, 0.2) is 4.34 Å². The predicted molar refractivity (Wildman–Crippen MR) is 179 cm³/mol. The SMILES string of the molecule is CCCCOc1ccc(C(O)=C2C(=O)C(=O)N(c3nnc(SCc4ccc(Cl)cc4)s3)[C@@H]2c2ccc(OCCCC)cc2)cc1. The van der Waals surface area contributed by atoms with Crippen LogP contribution in [0, 0.1) is 0 Å². The van der Waals surface area contributed by atoms with Crippen LogP contribution >= 0.6 is 34.7 Å². The number of aromatic nitrogens is 2. The zero-order valence-corrected chi connectivity index (χ0v) is 27.5. The highest BCUT2D eigenvalue weighted by atomic mass is 35.5. The summed E-state index contributed by atoms with van der Waals surface area (Å²) >= 11 is 8.70. The van der Waals surface area contributed by atoms with Gasteiger partial charge in [-0.15, -0.1) is 10.2 Å². The van der Waals surface area contributed by atoms with E-state index in [-0.39, 0.29) is 16.5 Å². The van der Waals surface area contributed by atoms with Crippen LogP contribution in [0.4, 0.5) is 5.13 Å². The summed E-state index contributed by atoms with van der Waals surface area (Å²) < 4.78 is 12.2. The number of carbonyl (C=O) groups is 2. The van der Waals surface area contributed by atoms with Crippen LogP contribution in [0.5, 0.6) is 11.5 Å². The average molecular weight is 664 g/mol. The summed E-state index contributed by atoms with van der Waals surface area (Å²) in [7, 11) is 0. The minimum absolute atomic E-state index is 0.0233. The van der Waals surface area contributed by atoms with Crippen LogP contribution in [0.3, 0.4) is 0 Å². The standard InChI is InChI=1S/C34H34ClN3O5S2/c1-3-5-19-42-26-15-9-23(10-16-26)29-28(30(39)24-11-17-27(18-12-24)43-20-6-4-2)31(40)32(41)38(29)33-36-37-34(45-33)44-21-22-7-13-25(35)14-8-22/h7-18,29,39H,3-6,19-21H2,1-2H3/t29-/m1/s1. The fourth-order valence-electron chi connectivity index (χ4n) is 4.71. The molecule has 1 aliphatic heterocycles. The number of rotatable bonds is 14. The number of hydrogen-bond acceptors (Lipinski definition) is 9. The quantitative estimate of drug-likeness (QED) is 0.0358. The number of ether oxygens (including phenoxy) is 2. The Morgan fingerprint density at radius 2 is 1.49 bits per heavy atom. The lowest BCUT2D eigenvalue weighted by molar-refractivity contribution is -0.132. The van der Waals surface area contributed by atoms with E-state index in [0.29, 0.717) is 51.0 Å². The van der Waals surface area contributed by atoms with Crippen molar-refractivity contribution >= 4 is 57.3 Å². The number of aliphatic hydroxyl groups excluding tert-OH is 1. The third kappa shape index (κ3) is 7.87. The molecule has 8 nitrogen and oxygen atoms in total. The second-order valence-electron chi connectivity index (χ2n) is 10.4. The highest BCUT2D eigenvalue weighted by molar-refractivity contribution is 8.00. The Kier molecular flexibility index (Phi) is 11.2. The molecule has 1 fully saturated rings. The second kappa shape index (κ2) is 15.4. The maximum Gasteiger partial charge on any atom is 0.301 e. The number of benzene rings is 3. The van der Waals surface area contributed by atoms with Crippen LogP contribution in [0.1, 0.15) is 62.3 Å². The molecule has 0 saturated carbocycles. The zero-order chi connectivity index (χ0) is 31.8. The molecule has 1 aromatic heterocycles. The van der Waals surface area contributed by atoms with Crippen LogP contribution in [0.15, 0.2) is 82.7 Å². The first-order valence-electron chi connectivity index (χ1n) is 14.9. The average Bonchev–Trinajstić information content (AvgIpc) is 3.63. The topological polar surface area (TPSA) is 102 Å². The highest BCUT2D eigenvalue weighted by Crippen LogP contribution is 2.44. The molecule has 11 heteroatoms. The third-order valence-corrected chi connectivity index (χ3v) is 9.56. The summed E-state index contributed by atoms with van der Waals surface area (Å²) in [6, 6.07) is 20.7. The number of Topliss-reactive ketones (excluding diaryl/α,β-unsaturated/α-hetero) is 1. The lowest BCUT2D eigenvalue weighted by Gasteiger charge is -2.22. The molecule has 234 valence electrons. The smallest absolute Gasteiger partial charge is 0.301 e. The van der Waals surface area contributed by atoms with Gasteiger partial charge in [-0.25, -0.2) is 0 Å². The van der Waals surface area contributed by atoms with Gasteiger partial charge in [0.05, 0.1) is 24.8 Å². The number of anilines is 1. The van der Waals surface area contributed by atoms with E-state index < -0.39 is 17.7 Å².